The zero-order valence-electron chi connectivity index (χ0n) is 19.7. The first kappa shape index (κ1) is 23.5. The van der Waals surface area contributed by atoms with E-state index in [4.69, 9.17) is 9.47 Å². The van der Waals surface area contributed by atoms with E-state index >= 15 is 0 Å². The molecule has 1 atom stereocenters. The Labute approximate surface area is 200 Å². The number of fused-ring (bicyclic) bond motifs is 1. The molecule has 1 aliphatic heterocycles. The number of methoxy groups -OCH3 is 1. The van der Waals surface area contributed by atoms with E-state index in [0.717, 1.165) is 55.6 Å². The number of hydrogen-bond donors (Lipinski definition) is 1. The second kappa shape index (κ2) is 11.5. The summed E-state index contributed by atoms with van der Waals surface area (Å²) in [5, 5.41) is 11.7. The van der Waals surface area contributed by atoms with Gasteiger partial charge in [0.2, 0.25) is 0 Å². The standard InChI is InChI=1S/C26H31N5O3/c1-20(27-25(32)19-34-23-8-4-3-5-9-23)26-29-28-24-14-16-30(17-18-31(24)26)15-6-7-21-10-12-22(33-2)13-11-21/h3-13,20H,14-19H2,1-2H3,(H,27,32)/b7-6+/t20-/m0/s1. The fourth-order valence-electron chi connectivity index (χ4n) is 3.96. The number of rotatable bonds is 9. The molecule has 2 heterocycles. The third kappa shape index (κ3) is 6.23. The highest BCUT2D eigenvalue weighted by atomic mass is 16.5. The molecule has 0 saturated carbocycles. The topological polar surface area (TPSA) is 81.5 Å². The Bertz CT molecular complexity index is 1100. The van der Waals surface area contributed by atoms with E-state index in [2.05, 4.69) is 37.1 Å². The van der Waals surface area contributed by atoms with Crippen LogP contribution in [-0.2, 0) is 17.8 Å². The molecule has 8 heteroatoms. The fourth-order valence-corrected chi connectivity index (χ4v) is 3.96. The number of hydrogen-bond acceptors (Lipinski definition) is 6. The Morgan fingerprint density at radius 3 is 2.62 bits per heavy atom. The summed E-state index contributed by atoms with van der Waals surface area (Å²) in [7, 11) is 1.67. The number of carbonyl (C=O) groups is 1. The lowest BCUT2D eigenvalue weighted by Crippen LogP contribution is -2.33. The maximum atomic E-state index is 12.4. The van der Waals surface area contributed by atoms with Gasteiger partial charge in [0.05, 0.1) is 13.2 Å². The Hall–Kier alpha value is -3.65. The molecule has 1 N–H and O–H groups in total. The summed E-state index contributed by atoms with van der Waals surface area (Å²) in [4.78, 5) is 14.8. The smallest absolute Gasteiger partial charge is 0.258 e. The number of nitrogens with zero attached hydrogens (tertiary/aromatic N) is 4. The molecule has 178 valence electrons. The monoisotopic (exact) mass is 461 g/mol. The van der Waals surface area contributed by atoms with Gasteiger partial charge in [0.25, 0.3) is 5.91 Å². The predicted molar refractivity (Wildman–Crippen MR) is 131 cm³/mol. The number of carbonyl (C=O) groups excluding carboxylic acids is 1. The fraction of sp³-hybridized carbons (Fsp3) is 0.346. The van der Waals surface area contributed by atoms with Crippen LogP contribution in [0.25, 0.3) is 6.08 Å². The van der Waals surface area contributed by atoms with Crippen molar-refractivity contribution in [2.24, 2.45) is 0 Å². The normalized spacial score (nSPS) is 14.9. The number of nitrogens with one attached hydrogen (secondary N) is 1. The third-order valence-electron chi connectivity index (χ3n) is 5.82. The predicted octanol–water partition coefficient (Wildman–Crippen LogP) is 3.11. The molecule has 0 aliphatic carbocycles. The quantitative estimate of drug-likeness (QED) is 0.527. The van der Waals surface area contributed by atoms with E-state index in [1.807, 2.05) is 61.5 Å². The average Bonchev–Trinajstić information content (AvgIpc) is 3.17. The molecule has 0 saturated heterocycles. The van der Waals surface area contributed by atoms with Gasteiger partial charge in [-0.2, -0.15) is 0 Å². The third-order valence-corrected chi connectivity index (χ3v) is 5.82. The molecule has 0 spiro atoms. The Morgan fingerprint density at radius 1 is 1.06 bits per heavy atom. The van der Waals surface area contributed by atoms with Crippen LogP contribution in [0.2, 0.25) is 0 Å². The van der Waals surface area contributed by atoms with Crippen molar-refractivity contribution in [3.63, 3.8) is 0 Å². The highest BCUT2D eigenvalue weighted by Crippen LogP contribution is 2.16. The van der Waals surface area contributed by atoms with Gasteiger partial charge in [-0.15, -0.1) is 10.2 Å². The number of aromatic nitrogens is 3. The van der Waals surface area contributed by atoms with Crippen LogP contribution in [0.15, 0.2) is 60.7 Å². The lowest BCUT2D eigenvalue weighted by atomic mass is 10.2. The second-order valence-electron chi connectivity index (χ2n) is 8.24. The maximum Gasteiger partial charge on any atom is 0.258 e. The average molecular weight is 462 g/mol. The Morgan fingerprint density at radius 2 is 1.85 bits per heavy atom. The van der Waals surface area contributed by atoms with Crippen molar-refractivity contribution in [2.45, 2.75) is 25.9 Å². The van der Waals surface area contributed by atoms with Crippen molar-refractivity contribution in [1.82, 2.24) is 25.0 Å². The van der Waals surface area contributed by atoms with Crippen LogP contribution in [0, 0.1) is 0 Å². The molecule has 0 fully saturated rings. The van der Waals surface area contributed by atoms with Crippen molar-refractivity contribution in [3.05, 3.63) is 77.9 Å². The molecule has 1 aromatic heterocycles. The maximum absolute atomic E-state index is 12.4. The van der Waals surface area contributed by atoms with Crippen molar-refractivity contribution >= 4 is 12.0 Å². The second-order valence-corrected chi connectivity index (χ2v) is 8.24. The molecule has 0 radical (unpaired) electrons. The van der Waals surface area contributed by atoms with Gasteiger partial charge in [-0.3, -0.25) is 9.69 Å². The zero-order chi connectivity index (χ0) is 23.8. The summed E-state index contributed by atoms with van der Waals surface area (Å²) in [6, 6.07) is 17.1. The van der Waals surface area contributed by atoms with Crippen molar-refractivity contribution in [1.29, 1.82) is 0 Å². The van der Waals surface area contributed by atoms with Crippen LogP contribution >= 0.6 is 0 Å². The van der Waals surface area contributed by atoms with Crippen LogP contribution in [0.5, 0.6) is 11.5 Å². The molecule has 3 aromatic rings. The zero-order valence-corrected chi connectivity index (χ0v) is 19.7. The molecule has 8 nitrogen and oxygen atoms in total. The van der Waals surface area contributed by atoms with Gasteiger partial charge in [-0.05, 0) is 36.8 Å². The van der Waals surface area contributed by atoms with Gasteiger partial charge in [0.1, 0.15) is 17.3 Å². The molecular formula is C26H31N5O3. The van der Waals surface area contributed by atoms with Gasteiger partial charge < -0.3 is 19.4 Å². The minimum absolute atomic E-state index is 0.0380. The molecule has 34 heavy (non-hydrogen) atoms. The van der Waals surface area contributed by atoms with Gasteiger partial charge in [-0.1, -0.05) is 42.5 Å². The van der Waals surface area contributed by atoms with E-state index in [9.17, 15) is 4.79 Å². The van der Waals surface area contributed by atoms with E-state index in [1.54, 1.807) is 7.11 Å². The lowest BCUT2D eigenvalue weighted by molar-refractivity contribution is -0.123. The van der Waals surface area contributed by atoms with Crippen molar-refractivity contribution in [3.8, 4) is 11.5 Å². The van der Waals surface area contributed by atoms with E-state index in [1.165, 1.54) is 0 Å². The summed E-state index contributed by atoms with van der Waals surface area (Å²) in [6.45, 7) is 5.35. The molecule has 0 unspecified atom stereocenters. The minimum atomic E-state index is -0.255. The number of amides is 1. The van der Waals surface area contributed by atoms with E-state index < -0.39 is 0 Å². The Balaban J connectivity index is 1.28. The molecule has 1 amide bonds. The molecule has 4 rings (SSSR count). The molecule has 0 bridgehead atoms. The summed E-state index contributed by atoms with van der Waals surface area (Å²) in [5.41, 5.74) is 1.15. The van der Waals surface area contributed by atoms with Crippen LogP contribution in [0.3, 0.4) is 0 Å². The van der Waals surface area contributed by atoms with Gasteiger partial charge in [-0.25, -0.2) is 0 Å². The number of ether oxygens (including phenoxy) is 2. The summed E-state index contributed by atoms with van der Waals surface area (Å²) < 4.78 is 12.9. The van der Waals surface area contributed by atoms with Crippen molar-refractivity contribution in [2.75, 3.05) is 33.4 Å². The lowest BCUT2D eigenvalue weighted by Gasteiger charge is -2.18. The van der Waals surface area contributed by atoms with Crippen LogP contribution in [0.1, 0.15) is 30.2 Å². The first-order valence-electron chi connectivity index (χ1n) is 11.5. The highest BCUT2D eigenvalue weighted by molar-refractivity contribution is 5.77. The van der Waals surface area contributed by atoms with E-state index in [-0.39, 0.29) is 18.6 Å². The first-order valence-corrected chi connectivity index (χ1v) is 11.5. The number of para-hydroxylation sites is 1. The van der Waals surface area contributed by atoms with Crippen LogP contribution < -0.4 is 14.8 Å². The molecule has 1 aliphatic rings. The van der Waals surface area contributed by atoms with Gasteiger partial charge >= 0.3 is 0 Å². The van der Waals surface area contributed by atoms with Gasteiger partial charge in [0.15, 0.2) is 12.4 Å². The highest BCUT2D eigenvalue weighted by Gasteiger charge is 2.22. The summed E-state index contributed by atoms with van der Waals surface area (Å²) in [6.07, 6.45) is 5.14. The number of benzene rings is 2. The summed E-state index contributed by atoms with van der Waals surface area (Å²) in [5.74, 6) is 3.07. The van der Waals surface area contributed by atoms with Crippen LogP contribution in [0.4, 0.5) is 0 Å². The molecular weight excluding hydrogens is 430 g/mol. The van der Waals surface area contributed by atoms with E-state index in [0.29, 0.717) is 5.75 Å². The molecule has 2 aromatic carbocycles. The first-order chi connectivity index (χ1) is 16.6. The summed E-state index contributed by atoms with van der Waals surface area (Å²) >= 11 is 0. The van der Waals surface area contributed by atoms with Gasteiger partial charge in [0, 0.05) is 32.6 Å². The minimum Gasteiger partial charge on any atom is -0.497 e. The van der Waals surface area contributed by atoms with Crippen molar-refractivity contribution < 1.29 is 14.3 Å². The van der Waals surface area contributed by atoms with Crippen LogP contribution in [-0.4, -0.2) is 58.9 Å². The SMILES string of the molecule is COc1ccc(/C=C/CN2CCc3nnc([C@H](C)NC(=O)COc4ccccc4)n3CC2)cc1. The Kier molecular flexibility index (Phi) is 7.93. The largest absolute Gasteiger partial charge is 0.497 e.